The molecule has 0 atom stereocenters. The number of methoxy groups -OCH3 is 2. The van der Waals surface area contributed by atoms with Crippen LogP contribution in [0.15, 0.2) is 60.7 Å². The SMILES string of the molecule is COc1ccc(OC)c(CNc2cccc3ccccc23)c1. The van der Waals surface area contributed by atoms with Gasteiger partial charge in [-0.25, -0.2) is 0 Å². The number of fused-ring (bicyclic) bond motifs is 1. The van der Waals surface area contributed by atoms with Gasteiger partial charge in [0.05, 0.1) is 14.2 Å². The highest BCUT2D eigenvalue weighted by Gasteiger charge is 2.06. The molecule has 3 rings (SSSR count). The molecule has 0 radical (unpaired) electrons. The Hall–Kier alpha value is -2.68. The maximum atomic E-state index is 5.43. The van der Waals surface area contributed by atoms with Gasteiger partial charge in [-0.2, -0.15) is 0 Å². The van der Waals surface area contributed by atoms with Crippen molar-refractivity contribution in [3.8, 4) is 11.5 Å². The summed E-state index contributed by atoms with van der Waals surface area (Å²) in [5.74, 6) is 1.68. The van der Waals surface area contributed by atoms with E-state index in [4.69, 9.17) is 9.47 Å². The van der Waals surface area contributed by atoms with Crippen LogP contribution in [0.25, 0.3) is 10.8 Å². The Kier molecular flexibility index (Phi) is 4.15. The van der Waals surface area contributed by atoms with Crippen molar-refractivity contribution in [1.82, 2.24) is 0 Å². The molecule has 3 nitrogen and oxygen atoms in total. The smallest absolute Gasteiger partial charge is 0.124 e. The normalized spacial score (nSPS) is 10.5. The Labute approximate surface area is 130 Å². The van der Waals surface area contributed by atoms with E-state index in [1.54, 1.807) is 14.2 Å². The molecule has 3 aromatic carbocycles. The van der Waals surface area contributed by atoms with Gasteiger partial charge in [-0.1, -0.05) is 36.4 Å². The van der Waals surface area contributed by atoms with Crippen LogP contribution in [0.2, 0.25) is 0 Å². The molecular weight excluding hydrogens is 274 g/mol. The quantitative estimate of drug-likeness (QED) is 0.753. The van der Waals surface area contributed by atoms with Gasteiger partial charge in [0, 0.05) is 23.2 Å². The summed E-state index contributed by atoms with van der Waals surface area (Å²) in [7, 11) is 3.35. The number of nitrogens with one attached hydrogen (secondary N) is 1. The molecule has 0 bridgehead atoms. The van der Waals surface area contributed by atoms with E-state index in [1.807, 2.05) is 18.2 Å². The number of benzene rings is 3. The molecule has 0 heterocycles. The summed E-state index contributed by atoms with van der Waals surface area (Å²) in [6.45, 7) is 0.675. The largest absolute Gasteiger partial charge is 0.497 e. The van der Waals surface area contributed by atoms with E-state index in [0.29, 0.717) is 6.54 Å². The third kappa shape index (κ3) is 2.84. The number of hydrogen-bond acceptors (Lipinski definition) is 3. The second-order valence-corrected chi connectivity index (χ2v) is 5.06. The first-order chi connectivity index (χ1) is 10.8. The Morgan fingerprint density at radius 2 is 1.68 bits per heavy atom. The van der Waals surface area contributed by atoms with Crippen molar-refractivity contribution in [2.45, 2.75) is 6.54 Å². The Balaban J connectivity index is 1.88. The van der Waals surface area contributed by atoms with Gasteiger partial charge in [-0.15, -0.1) is 0 Å². The monoisotopic (exact) mass is 293 g/mol. The van der Waals surface area contributed by atoms with E-state index in [-0.39, 0.29) is 0 Å². The molecule has 112 valence electrons. The van der Waals surface area contributed by atoms with E-state index in [9.17, 15) is 0 Å². The molecule has 0 aliphatic heterocycles. The van der Waals surface area contributed by atoms with Crippen LogP contribution in [0.5, 0.6) is 11.5 Å². The van der Waals surface area contributed by atoms with Crippen LogP contribution < -0.4 is 14.8 Å². The molecule has 0 fully saturated rings. The summed E-state index contributed by atoms with van der Waals surface area (Å²) in [5.41, 5.74) is 2.18. The van der Waals surface area contributed by atoms with E-state index < -0.39 is 0 Å². The highest BCUT2D eigenvalue weighted by molar-refractivity contribution is 5.93. The van der Waals surface area contributed by atoms with E-state index in [0.717, 1.165) is 22.7 Å². The molecule has 3 aromatic rings. The molecule has 3 heteroatoms. The van der Waals surface area contributed by atoms with Gasteiger partial charge < -0.3 is 14.8 Å². The van der Waals surface area contributed by atoms with Crippen LogP contribution in [0.4, 0.5) is 5.69 Å². The molecule has 0 aromatic heterocycles. The second kappa shape index (κ2) is 6.39. The van der Waals surface area contributed by atoms with Crippen molar-refractivity contribution in [2.24, 2.45) is 0 Å². The topological polar surface area (TPSA) is 30.5 Å². The Morgan fingerprint density at radius 3 is 2.50 bits per heavy atom. The summed E-state index contributed by atoms with van der Waals surface area (Å²) in [6, 6.07) is 20.5. The van der Waals surface area contributed by atoms with Gasteiger partial charge in [-0.05, 0) is 29.7 Å². The lowest BCUT2D eigenvalue weighted by atomic mass is 10.1. The van der Waals surface area contributed by atoms with E-state index >= 15 is 0 Å². The molecule has 0 unspecified atom stereocenters. The third-order valence-corrected chi connectivity index (χ3v) is 3.75. The van der Waals surface area contributed by atoms with Crippen LogP contribution in [0.3, 0.4) is 0 Å². The van der Waals surface area contributed by atoms with E-state index in [2.05, 4.69) is 47.8 Å². The predicted molar refractivity (Wildman–Crippen MR) is 90.8 cm³/mol. The Morgan fingerprint density at radius 1 is 0.864 bits per heavy atom. The van der Waals surface area contributed by atoms with Gasteiger partial charge in [-0.3, -0.25) is 0 Å². The summed E-state index contributed by atoms with van der Waals surface area (Å²) < 4.78 is 10.7. The number of anilines is 1. The van der Waals surface area contributed by atoms with Gasteiger partial charge in [0.25, 0.3) is 0 Å². The first-order valence-electron chi connectivity index (χ1n) is 7.24. The van der Waals surface area contributed by atoms with Crippen LogP contribution >= 0.6 is 0 Å². The average Bonchev–Trinajstić information content (AvgIpc) is 2.59. The summed E-state index contributed by atoms with van der Waals surface area (Å²) in [6.07, 6.45) is 0. The van der Waals surface area contributed by atoms with Crippen molar-refractivity contribution in [2.75, 3.05) is 19.5 Å². The first-order valence-corrected chi connectivity index (χ1v) is 7.24. The molecular formula is C19H19NO2. The Bertz CT molecular complexity index is 778. The van der Waals surface area contributed by atoms with Crippen LogP contribution in [0.1, 0.15) is 5.56 Å². The summed E-state index contributed by atoms with van der Waals surface area (Å²) >= 11 is 0. The number of hydrogen-bond donors (Lipinski definition) is 1. The van der Waals surface area contributed by atoms with Crippen molar-refractivity contribution in [3.05, 3.63) is 66.2 Å². The second-order valence-electron chi connectivity index (χ2n) is 5.06. The highest BCUT2D eigenvalue weighted by atomic mass is 16.5. The zero-order valence-corrected chi connectivity index (χ0v) is 12.8. The lowest BCUT2D eigenvalue weighted by Gasteiger charge is -2.13. The first kappa shape index (κ1) is 14.3. The van der Waals surface area contributed by atoms with E-state index in [1.165, 1.54) is 10.8 Å². The minimum atomic E-state index is 0.675. The number of ether oxygens (including phenoxy) is 2. The molecule has 0 amide bonds. The zero-order chi connectivity index (χ0) is 15.4. The van der Waals surface area contributed by atoms with Crippen LogP contribution in [-0.2, 0) is 6.54 Å². The zero-order valence-electron chi connectivity index (χ0n) is 12.8. The van der Waals surface area contributed by atoms with Gasteiger partial charge in [0.2, 0.25) is 0 Å². The summed E-state index contributed by atoms with van der Waals surface area (Å²) in [4.78, 5) is 0. The van der Waals surface area contributed by atoms with Crippen molar-refractivity contribution in [1.29, 1.82) is 0 Å². The van der Waals surface area contributed by atoms with Crippen molar-refractivity contribution >= 4 is 16.5 Å². The fraction of sp³-hybridized carbons (Fsp3) is 0.158. The molecule has 22 heavy (non-hydrogen) atoms. The average molecular weight is 293 g/mol. The number of rotatable bonds is 5. The maximum Gasteiger partial charge on any atom is 0.124 e. The van der Waals surface area contributed by atoms with Crippen molar-refractivity contribution < 1.29 is 9.47 Å². The van der Waals surface area contributed by atoms with Crippen molar-refractivity contribution in [3.63, 3.8) is 0 Å². The molecule has 1 N–H and O–H groups in total. The lowest BCUT2D eigenvalue weighted by Crippen LogP contribution is -2.02. The predicted octanol–water partition coefficient (Wildman–Crippen LogP) is 4.47. The molecule has 0 saturated heterocycles. The molecule has 0 spiro atoms. The standard InChI is InChI=1S/C19H19NO2/c1-21-16-10-11-19(22-2)15(12-16)13-20-18-9-5-7-14-6-3-4-8-17(14)18/h3-12,20H,13H2,1-2H3. The maximum absolute atomic E-state index is 5.43. The third-order valence-electron chi connectivity index (χ3n) is 3.75. The van der Waals surface area contributed by atoms with Gasteiger partial charge >= 0.3 is 0 Å². The van der Waals surface area contributed by atoms with Gasteiger partial charge in [0.15, 0.2) is 0 Å². The highest BCUT2D eigenvalue weighted by Crippen LogP contribution is 2.27. The molecule has 0 aliphatic carbocycles. The van der Waals surface area contributed by atoms with Crippen LogP contribution in [0, 0.1) is 0 Å². The van der Waals surface area contributed by atoms with Gasteiger partial charge in [0.1, 0.15) is 11.5 Å². The minimum Gasteiger partial charge on any atom is -0.497 e. The molecule has 0 saturated carbocycles. The molecule has 0 aliphatic rings. The summed E-state index contributed by atoms with van der Waals surface area (Å²) in [5, 5.41) is 5.94. The van der Waals surface area contributed by atoms with Crippen LogP contribution in [-0.4, -0.2) is 14.2 Å². The fourth-order valence-corrected chi connectivity index (χ4v) is 2.59. The lowest BCUT2D eigenvalue weighted by molar-refractivity contribution is 0.399. The fourth-order valence-electron chi connectivity index (χ4n) is 2.59. The minimum absolute atomic E-state index is 0.675.